The van der Waals surface area contributed by atoms with Crippen LogP contribution >= 0.6 is 0 Å². The minimum Gasteiger partial charge on any atom is -0.456 e. The second kappa shape index (κ2) is 9.58. The molecule has 0 saturated heterocycles. The minimum absolute atomic E-state index is 0.835. The fourth-order valence-electron chi connectivity index (χ4n) is 5.70. The van der Waals surface area contributed by atoms with Gasteiger partial charge in [-0.15, -0.1) is 0 Å². The highest BCUT2D eigenvalue weighted by molar-refractivity contribution is 6.14. The van der Waals surface area contributed by atoms with Crippen molar-refractivity contribution in [3.8, 4) is 44.8 Å². The van der Waals surface area contributed by atoms with Crippen molar-refractivity contribution < 1.29 is 4.42 Å². The molecule has 0 unspecified atom stereocenters. The normalized spacial score (nSPS) is 11.4. The van der Waals surface area contributed by atoms with Gasteiger partial charge in [-0.25, -0.2) is 9.97 Å². The predicted molar refractivity (Wildman–Crippen MR) is 169 cm³/mol. The molecule has 3 nitrogen and oxygen atoms in total. The lowest BCUT2D eigenvalue weighted by atomic mass is 9.94. The van der Waals surface area contributed by atoms with Crippen LogP contribution in [0.4, 0.5) is 0 Å². The molecule has 0 bridgehead atoms. The lowest BCUT2D eigenvalue weighted by molar-refractivity contribution is 0.669. The molecule has 3 heteroatoms. The predicted octanol–water partition coefficient (Wildman–Crippen LogP) is 10.2. The number of fused-ring (bicyclic) bond motifs is 4. The third-order valence-electron chi connectivity index (χ3n) is 7.65. The van der Waals surface area contributed by atoms with Crippen LogP contribution in [-0.2, 0) is 0 Å². The van der Waals surface area contributed by atoms with Gasteiger partial charge < -0.3 is 4.42 Å². The van der Waals surface area contributed by atoms with Crippen molar-refractivity contribution in [2.75, 3.05) is 0 Å². The number of benzene rings is 6. The third-order valence-corrected chi connectivity index (χ3v) is 7.65. The monoisotopic (exact) mass is 524 g/mol. The van der Waals surface area contributed by atoms with E-state index in [0.29, 0.717) is 0 Å². The van der Waals surface area contributed by atoms with E-state index in [2.05, 4.69) is 97.1 Å². The highest BCUT2D eigenvalue weighted by Gasteiger charge is 2.21. The summed E-state index contributed by atoms with van der Waals surface area (Å²) in [5.74, 6) is 0. The maximum atomic E-state index is 6.44. The van der Waals surface area contributed by atoms with Crippen LogP contribution in [0.1, 0.15) is 0 Å². The standard InChI is InChI=1S/C38H24N2O/c1-3-12-25(13-4-1)27-16-11-17-28(22-27)37-38(40-33-20-9-8-19-32(33)39-37)31-23-29(26-14-5-2-6-15-26)24-35-36(31)30-18-7-10-21-34(30)41-35/h1-24H. The van der Waals surface area contributed by atoms with Gasteiger partial charge in [0.15, 0.2) is 0 Å². The van der Waals surface area contributed by atoms with Gasteiger partial charge in [-0.05, 0) is 58.7 Å². The smallest absolute Gasteiger partial charge is 0.136 e. The van der Waals surface area contributed by atoms with Crippen LogP contribution in [0.5, 0.6) is 0 Å². The van der Waals surface area contributed by atoms with Crippen molar-refractivity contribution in [3.05, 3.63) is 146 Å². The van der Waals surface area contributed by atoms with Crippen LogP contribution in [0.3, 0.4) is 0 Å². The van der Waals surface area contributed by atoms with Crippen LogP contribution < -0.4 is 0 Å². The largest absolute Gasteiger partial charge is 0.456 e. The Morgan fingerprint density at radius 2 is 0.976 bits per heavy atom. The molecule has 0 aliphatic rings. The number of nitrogens with zero attached hydrogens (tertiary/aromatic N) is 2. The number of aromatic nitrogens is 2. The van der Waals surface area contributed by atoms with Gasteiger partial charge in [-0.2, -0.15) is 0 Å². The molecule has 0 N–H and O–H groups in total. The van der Waals surface area contributed by atoms with Crippen LogP contribution in [-0.4, -0.2) is 9.97 Å². The number of para-hydroxylation sites is 3. The van der Waals surface area contributed by atoms with E-state index in [-0.39, 0.29) is 0 Å². The second-order valence-corrected chi connectivity index (χ2v) is 10.2. The first-order valence-corrected chi connectivity index (χ1v) is 13.8. The molecule has 8 rings (SSSR count). The summed E-state index contributed by atoms with van der Waals surface area (Å²) in [5.41, 5.74) is 11.6. The Morgan fingerprint density at radius 3 is 1.73 bits per heavy atom. The number of rotatable bonds is 4. The van der Waals surface area contributed by atoms with E-state index in [1.807, 2.05) is 48.5 Å². The zero-order valence-corrected chi connectivity index (χ0v) is 22.2. The van der Waals surface area contributed by atoms with Crippen LogP contribution in [0.25, 0.3) is 77.7 Å². The Hall–Kier alpha value is -5.54. The average Bonchev–Trinajstić information content (AvgIpc) is 3.43. The van der Waals surface area contributed by atoms with Gasteiger partial charge in [0.2, 0.25) is 0 Å². The first-order chi connectivity index (χ1) is 20.3. The van der Waals surface area contributed by atoms with Crippen molar-refractivity contribution in [3.63, 3.8) is 0 Å². The Bertz CT molecular complexity index is 2200. The van der Waals surface area contributed by atoms with Gasteiger partial charge in [0, 0.05) is 21.9 Å². The molecule has 2 heterocycles. The topological polar surface area (TPSA) is 38.9 Å². The maximum absolute atomic E-state index is 6.44. The zero-order chi connectivity index (χ0) is 27.2. The Kier molecular flexibility index (Phi) is 5.46. The molecular weight excluding hydrogens is 500 g/mol. The van der Waals surface area contributed by atoms with Crippen LogP contribution in [0.2, 0.25) is 0 Å². The molecule has 192 valence electrons. The molecule has 0 aliphatic heterocycles. The molecular formula is C38H24N2O. The Balaban J connectivity index is 1.46. The van der Waals surface area contributed by atoms with E-state index in [4.69, 9.17) is 14.4 Å². The second-order valence-electron chi connectivity index (χ2n) is 10.2. The van der Waals surface area contributed by atoms with Crippen molar-refractivity contribution in [1.82, 2.24) is 9.97 Å². The van der Waals surface area contributed by atoms with Crippen LogP contribution in [0, 0.1) is 0 Å². The van der Waals surface area contributed by atoms with Gasteiger partial charge in [-0.3, -0.25) is 0 Å². The Labute approximate surface area is 237 Å². The molecule has 2 aromatic heterocycles. The van der Waals surface area contributed by atoms with Gasteiger partial charge in [-0.1, -0.05) is 109 Å². The summed E-state index contributed by atoms with van der Waals surface area (Å²) in [6.07, 6.45) is 0. The van der Waals surface area contributed by atoms with E-state index in [9.17, 15) is 0 Å². The molecule has 0 radical (unpaired) electrons. The fourth-order valence-corrected chi connectivity index (χ4v) is 5.70. The minimum atomic E-state index is 0.835. The lowest BCUT2D eigenvalue weighted by Gasteiger charge is -2.14. The molecule has 0 fully saturated rings. The summed E-state index contributed by atoms with van der Waals surface area (Å²) >= 11 is 0. The summed E-state index contributed by atoms with van der Waals surface area (Å²) < 4.78 is 6.44. The van der Waals surface area contributed by atoms with E-state index in [1.165, 1.54) is 5.56 Å². The molecule has 0 amide bonds. The summed E-state index contributed by atoms with van der Waals surface area (Å²) in [6.45, 7) is 0. The van der Waals surface area contributed by atoms with E-state index >= 15 is 0 Å². The maximum Gasteiger partial charge on any atom is 0.136 e. The van der Waals surface area contributed by atoms with Gasteiger partial charge in [0.25, 0.3) is 0 Å². The number of hydrogen-bond acceptors (Lipinski definition) is 3. The van der Waals surface area contributed by atoms with Gasteiger partial charge >= 0.3 is 0 Å². The first-order valence-electron chi connectivity index (χ1n) is 13.8. The van der Waals surface area contributed by atoms with Crippen molar-refractivity contribution in [2.45, 2.75) is 0 Å². The highest BCUT2D eigenvalue weighted by Crippen LogP contribution is 2.42. The molecule has 0 atom stereocenters. The SMILES string of the molecule is c1ccc(-c2cccc(-c3nc4ccccc4nc3-c3cc(-c4ccccc4)cc4oc5ccccc5c34)c2)cc1. The highest BCUT2D eigenvalue weighted by atomic mass is 16.3. The van der Waals surface area contributed by atoms with Crippen molar-refractivity contribution in [2.24, 2.45) is 0 Å². The summed E-state index contributed by atoms with van der Waals surface area (Å²) in [4.78, 5) is 10.5. The van der Waals surface area contributed by atoms with Gasteiger partial charge in [0.05, 0.1) is 22.4 Å². The molecule has 8 aromatic rings. The average molecular weight is 525 g/mol. The van der Waals surface area contributed by atoms with Gasteiger partial charge in [0.1, 0.15) is 11.2 Å². The molecule has 6 aromatic carbocycles. The first kappa shape index (κ1) is 23.4. The molecule has 41 heavy (non-hydrogen) atoms. The number of furan rings is 1. The van der Waals surface area contributed by atoms with Crippen molar-refractivity contribution in [1.29, 1.82) is 0 Å². The lowest BCUT2D eigenvalue weighted by Crippen LogP contribution is -1.97. The summed E-state index contributed by atoms with van der Waals surface area (Å²) in [6, 6.07) is 50.1. The Morgan fingerprint density at radius 1 is 0.390 bits per heavy atom. The number of hydrogen-bond donors (Lipinski definition) is 0. The van der Waals surface area contributed by atoms with E-state index in [0.717, 1.165) is 72.2 Å². The molecule has 0 spiro atoms. The fraction of sp³-hybridized carbons (Fsp3) is 0. The van der Waals surface area contributed by atoms with E-state index in [1.54, 1.807) is 0 Å². The zero-order valence-electron chi connectivity index (χ0n) is 22.2. The quantitative estimate of drug-likeness (QED) is 0.230. The molecule has 0 saturated carbocycles. The summed E-state index contributed by atoms with van der Waals surface area (Å²) in [7, 11) is 0. The van der Waals surface area contributed by atoms with E-state index < -0.39 is 0 Å². The van der Waals surface area contributed by atoms with Crippen LogP contribution in [0.15, 0.2) is 150 Å². The van der Waals surface area contributed by atoms with Crippen molar-refractivity contribution >= 4 is 33.0 Å². The third kappa shape index (κ3) is 4.07. The summed E-state index contributed by atoms with van der Waals surface area (Å²) in [5, 5.41) is 2.11. The molecule has 0 aliphatic carbocycles.